The summed E-state index contributed by atoms with van der Waals surface area (Å²) in [5, 5.41) is 31.2. The highest BCUT2D eigenvalue weighted by Gasteiger charge is 2.46. The number of rotatable bonds is 39. The van der Waals surface area contributed by atoms with E-state index in [1.165, 1.54) is 29.0 Å². The van der Waals surface area contributed by atoms with E-state index in [-0.39, 0.29) is 104 Å². The number of azide groups is 1. The van der Waals surface area contributed by atoms with E-state index in [0.717, 1.165) is 42.0 Å². The van der Waals surface area contributed by atoms with Gasteiger partial charge in [-0.2, -0.15) is 30.4 Å². The van der Waals surface area contributed by atoms with Crippen LogP contribution in [-0.2, 0) is 75.5 Å². The van der Waals surface area contributed by atoms with E-state index in [1.807, 2.05) is 13.8 Å². The van der Waals surface area contributed by atoms with E-state index < -0.39 is 149 Å². The lowest BCUT2D eigenvalue weighted by Crippen LogP contribution is -2.49. The largest absolute Gasteiger partial charge is 0.490 e. The minimum absolute atomic E-state index is 0.00119. The zero-order valence-corrected chi connectivity index (χ0v) is 59.2. The van der Waals surface area contributed by atoms with Crippen molar-refractivity contribution in [2.45, 2.75) is 78.9 Å². The fourth-order valence-electron chi connectivity index (χ4n) is 9.41. The summed E-state index contributed by atoms with van der Waals surface area (Å²) < 4.78 is 156. The van der Waals surface area contributed by atoms with Crippen molar-refractivity contribution in [2.75, 3.05) is 97.4 Å². The van der Waals surface area contributed by atoms with Crippen molar-refractivity contribution >= 4 is 118 Å². The number of amides is 6. The molecule has 0 bridgehead atoms. The smallest absolute Gasteiger partial charge is 0.478 e. The average molecular weight is 1560 g/mol. The van der Waals surface area contributed by atoms with Gasteiger partial charge in [0.1, 0.15) is 30.8 Å². The summed E-state index contributed by atoms with van der Waals surface area (Å²) in [7, 11) is -24.5. The molecule has 1 aliphatic carbocycles. The lowest BCUT2D eigenvalue weighted by Gasteiger charge is -2.32. The fraction of sp³-hybridized carbons (Fsp3) is 0.491. The van der Waals surface area contributed by atoms with E-state index >= 15 is 0 Å². The van der Waals surface area contributed by atoms with Crippen LogP contribution in [0.2, 0.25) is 0 Å². The number of aromatic carboxylic acids is 1. The number of nitrogens with zero attached hydrogens (tertiary/aromatic N) is 5. The van der Waals surface area contributed by atoms with E-state index in [4.69, 9.17) is 65.0 Å². The van der Waals surface area contributed by atoms with Gasteiger partial charge in [0.05, 0.1) is 74.8 Å². The van der Waals surface area contributed by atoms with Crippen LogP contribution in [0.1, 0.15) is 66.7 Å². The maximum Gasteiger partial charge on any atom is 0.490 e. The van der Waals surface area contributed by atoms with Gasteiger partial charge in [-0.15, -0.1) is 0 Å². The van der Waals surface area contributed by atoms with E-state index in [1.54, 1.807) is 10.8 Å². The van der Waals surface area contributed by atoms with Crippen LogP contribution in [0.4, 0.5) is 20.1 Å². The number of amidine groups is 1. The van der Waals surface area contributed by atoms with Crippen molar-refractivity contribution in [3.05, 3.63) is 69.4 Å². The highest BCUT2D eigenvalue weighted by molar-refractivity contribution is 8.77. The van der Waals surface area contributed by atoms with Crippen molar-refractivity contribution in [2.24, 2.45) is 21.8 Å². The Morgan fingerprint density at radius 1 is 0.861 bits per heavy atom. The van der Waals surface area contributed by atoms with Crippen molar-refractivity contribution < 1.29 is 134 Å². The normalized spacial score (nSPS) is 17.8. The number of carbonyl (C=O) groups is 5. The number of unbranched alkanes of at least 4 members (excludes halogenated alkanes) is 2. The Labute approximate surface area is 582 Å². The third-order valence-electron chi connectivity index (χ3n) is 13.9. The minimum atomic E-state index is -5.83. The molecule has 556 valence electrons. The van der Waals surface area contributed by atoms with Crippen LogP contribution in [0.3, 0.4) is 0 Å². The van der Waals surface area contributed by atoms with Crippen molar-refractivity contribution in [1.29, 1.82) is 5.41 Å². The summed E-state index contributed by atoms with van der Waals surface area (Å²) in [6.45, 7) is 3.58. The topological polar surface area (TPSA) is 631 Å². The molecule has 6 amide bonds. The van der Waals surface area contributed by atoms with Gasteiger partial charge in [0.2, 0.25) is 0 Å². The molecule has 2 aromatic rings. The Morgan fingerprint density at radius 3 is 2.24 bits per heavy atom. The molecule has 4 aliphatic rings. The number of fused-ring (bicyclic) bond motifs is 2. The van der Waals surface area contributed by atoms with Gasteiger partial charge in [0, 0.05) is 70.9 Å². The number of benzene rings is 3. The zero-order chi connectivity index (χ0) is 74.5. The fourth-order valence-corrected chi connectivity index (χ4v) is 16.2. The molecule has 1 fully saturated rings. The predicted octanol–water partition coefficient (Wildman–Crippen LogP) is 4.46. The van der Waals surface area contributed by atoms with Crippen LogP contribution >= 0.6 is 45.1 Å². The number of phosphoric ester groups is 1. The first kappa shape index (κ1) is 82.9. The van der Waals surface area contributed by atoms with Gasteiger partial charge < -0.3 is 90.3 Å². The number of nitrogens with one attached hydrogen (secondary N) is 5. The summed E-state index contributed by atoms with van der Waals surface area (Å²) >= 11 is 0. The second-order valence-corrected chi connectivity index (χ2v) is 31.9. The summed E-state index contributed by atoms with van der Waals surface area (Å²) in [4.78, 5) is 106. The highest BCUT2D eigenvalue weighted by atomic mass is 33.1. The SMILES string of the molecule is CC(C)(CCOC(=O)NCCOCCOCCNC(=O)c1ccc(C(=O)O)c(-c2c3ccc(=N)c(S(=O)(=O)O)c-3oc3c(S(=O)(=O)O)c(N)ccc23)c1)SSCOCCCCCNC(=O)NCC#CC1CN(C2C[C@H](OCN=[N+]=[N-])[C@@H](COP(=O)(O)OP(=O)(O)OP(=O)(O)O)O2)C(=O)N=C1N. The lowest BCUT2D eigenvalue weighted by atomic mass is 9.89. The molecule has 3 aliphatic heterocycles. The molecule has 41 nitrogen and oxygen atoms in total. The van der Waals surface area contributed by atoms with Crippen LogP contribution in [0.5, 0.6) is 0 Å². The molecular formula is C53H71N12O29P3S4. The quantitative estimate of drug-likeness (QED) is 0.00250. The van der Waals surface area contributed by atoms with Gasteiger partial charge in [0.15, 0.2) is 21.1 Å². The summed E-state index contributed by atoms with van der Waals surface area (Å²) in [5.74, 6) is 1.95. The number of hydrogen-bond donors (Lipinski definition) is 14. The monoisotopic (exact) mass is 1560 g/mol. The average Bonchev–Trinajstić information content (AvgIpc) is 1.14. The number of anilines is 1. The number of aliphatic imine (C=N–C) groups is 1. The van der Waals surface area contributed by atoms with Gasteiger partial charge in [0.25, 0.3) is 26.1 Å². The van der Waals surface area contributed by atoms with Crippen molar-refractivity contribution in [3.8, 4) is 34.3 Å². The molecule has 2 aromatic carbocycles. The summed E-state index contributed by atoms with van der Waals surface area (Å²) in [5.41, 5.74) is 18.0. The molecule has 0 radical (unpaired) electrons. The number of hydrogen-bond acceptors (Lipinski definition) is 28. The number of nitrogens with two attached hydrogens (primary N) is 2. The molecule has 6 atom stereocenters. The van der Waals surface area contributed by atoms with Gasteiger partial charge in [-0.3, -0.25) is 28.7 Å². The van der Waals surface area contributed by atoms with Crippen LogP contribution in [-0.4, -0.2) is 206 Å². The second-order valence-electron chi connectivity index (χ2n) is 21.8. The molecule has 48 heteroatoms. The second kappa shape index (κ2) is 37.4. The van der Waals surface area contributed by atoms with Crippen LogP contribution < -0.4 is 38.1 Å². The molecule has 3 heterocycles. The first-order valence-corrected chi connectivity index (χ1v) is 39.3. The maximum absolute atomic E-state index is 13.4. The van der Waals surface area contributed by atoms with E-state index in [2.05, 4.69) is 61.3 Å². The number of carbonyl (C=O) groups excluding carboxylic acids is 4. The number of alkyl carbamates (subject to hydrolysis) is 1. The van der Waals surface area contributed by atoms with Crippen LogP contribution in [0, 0.1) is 23.2 Å². The highest BCUT2D eigenvalue weighted by Crippen LogP contribution is 2.66. The molecule has 6 rings (SSSR count). The molecule has 1 saturated heterocycles. The third kappa shape index (κ3) is 26.0. The van der Waals surface area contributed by atoms with Gasteiger partial charge in [-0.25, -0.2) is 32.9 Å². The first-order chi connectivity index (χ1) is 47.4. The predicted molar refractivity (Wildman–Crippen MR) is 355 cm³/mol. The Morgan fingerprint density at radius 2 is 1.56 bits per heavy atom. The lowest BCUT2D eigenvalue weighted by molar-refractivity contribution is -0.0732. The van der Waals surface area contributed by atoms with Gasteiger partial charge in [-0.05, 0) is 93.1 Å². The molecule has 0 aromatic heterocycles. The number of carboxylic acids is 1. The van der Waals surface area contributed by atoms with Gasteiger partial charge in [-0.1, -0.05) is 38.5 Å². The number of nitrogen functional groups attached to an aromatic ring is 1. The molecular weight excluding hydrogens is 1490 g/mol. The van der Waals surface area contributed by atoms with E-state index in [0.29, 0.717) is 31.9 Å². The third-order valence-corrected chi connectivity index (χ3v) is 22.6. The Hall–Kier alpha value is -7.05. The number of ether oxygens (including phenoxy) is 6. The minimum Gasteiger partial charge on any atom is -0.478 e. The molecule has 101 heavy (non-hydrogen) atoms. The summed E-state index contributed by atoms with van der Waals surface area (Å²) in [6, 6.07) is 6.46. The van der Waals surface area contributed by atoms with Gasteiger partial charge >= 0.3 is 47.6 Å². The Bertz CT molecular complexity index is 4250. The first-order valence-electron chi connectivity index (χ1n) is 29.5. The van der Waals surface area contributed by atoms with Crippen LogP contribution in [0.25, 0.3) is 43.9 Å². The Kier molecular flexibility index (Phi) is 30.7. The standard InChI is InChI=1S/C53H71N12O29P3S4/c1-53(2,99-98-30-87-19-5-3-4-15-59-50(69)60-16-6-7-32-27-65(51(70)63-47(32)56)41-26-39(89-29-62-64-57)40(91-41)28-90-96(75,76)94-97(77,78)93-95(72,73)74)14-20-88-52(71)61-18-22-86-24-23-85-21-17-58-48(66)31-8-9-33(49(67)68)36(25-31)42-34-10-12-37(54)45(100(79,80)81)43(34)92-44-35(42)11-13-38(55)46(44)101(82,83)84/h8-13,25,32,39-41,54H,3-5,14-24,26-30,55H2,1-2H3,(H,58,66)(H,61,71)(H,67,68)(H,75,76)(H,77,78)(H2,56,63,70)(H2,59,60,69)(H2,72,73,74)(H,79,80,81)(H,82,83,84)/t32?,39-,40+,41?/m0/s1. The van der Waals surface area contributed by atoms with Crippen molar-refractivity contribution in [3.63, 3.8) is 0 Å². The molecule has 0 saturated carbocycles. The molecule has 0 spiro atoms. The number of phosphoric acid groups is 3. The molecule has 16 N–H and O–H groups in total. The Balaban J connectivity index is 0.792. The maximum atomic E-state index is 13.4. The summed E-state index contributed by atoms with van der Waals surface area (Å²) in [6.07, 6.45) is -1.76. The zero-order valence-electron chi connectivity index (χ0n) is 53.3. The van der Waals surface area contributed by atoms with E-state index in [9.17, 15) is 78.5 Å². The number of urea groups is 2. The van der Waals surface area contributed by atoms with Crippen LogP contribution in [0.15, 0.2) is 66.8 Å². The van der Waals surface area contributed by atoms with Crippen molar-refractivity contribution in [1.82, 2.24) is 26.2 Å². The molecule has 4 unspecified atom stereocenters. The number of carboxylic acid groups (broad SMARTS) is 1.